The van der Waals surface area contributed by atoms with Crippen molar-refractivity contribution in [2.75, 3.05) is 13.1 Å². The molecule has 20 heavy (non-hydrogen) atoms. The Morgan fingerprint density at radius 2 is 1.80 bits per heavy atom. The van der Waals surface area contributed by atoms with E-state index in [-0.39, 0.29) is 11.8 Å². The van der Waals surface area contributed by atoms with E-state index in [1.807, 2.05) is 13.8 Å². The molecular weight excluding hydrogens is 320 g/mol. The van der Waals surface area contributed by atoms with Crippen LogP contribution >= 0.6 is 15.9 Å². The predicted octanol–water partition coefficient (Wildman–Crippen LogP) is 2.82. The molecule has 0 atom stereocenters. The summed E-state index contributed by atoms with van der Waals surface area (Å²) in [4.78, 5) is 26.2. The number of nitrogens with zero attached hydrogens (tertiary/aromatic N) is 1. The van der Waals surface area contributed by atoms with Gasteiger partial charge in [-0.05, 0) is 44.9 Å². The van der Waals surface area contributed by atoms with Crippen LogP contribution in [0.3, 0.4) is 0 Å². The summed E-state index contributed by atoms with van der Waals surface area (Å²) in [5.41, 5.74) is 1.07. The maximum atomic E-state index is 12.3. The zero-order valence-corrected chi connectivity index (χ0v) is 13.4. The van der Waals surface area contributed by atoms with Gasteiger partial charge in [0.05, 0.1) is 0 Å². The van der Waals surface area contributed by atoms with Crippen LogP contribution in [0.25, 0.3) is 0 Å². The van der Waals surface area contributed by atoms with E-state index in [2.05, 4.69) is 21.2 Å². The van der Waals surface area contributed by atoms with Gasteiger partial charge in [0.2, 0.25) is 0 Å². The van der Waals surface area contributed by atoms with Crippen molar-refractivity contribution in [2.45, 2.75) is 32.7 Å². The van der Waals surface area contributed by atoms with Gasteiger partial charge in [-0.3, -0.25) is 9.59 Å². The number of benzene rings is 1. The third-order valence-electron chi connectivity index (χ3n) is 3.37. The van der Waals surface area contributed by atoms with E-state index >= 15 is 0 Å². The third-order valence-corrected chi connectivity index (χ3v) is 3.83. The summed E-state index contributed by atoms with van der Waals surface area (Å²) in [5, 5.41) is 2.94. The van der Waals surface area contributed by atoms with Crippen LogP contribution < -0.4 is 5.32 Å². The first-order valence-corrected chi connectivity index (χ1v) is 7.75. The number of halogens is 1. The summed E-state index contributed by atoms with van der Waals surface area (Å²) in [5.74, 6) is -0.154. The van der Waals surface area contributed by atoms with Gasteiger partial charge >= 0.3 is 0 Å². The highest BCUT2D eigenvalue weighted by molar-refractivity contribution is 9.10. The zero-order valence-electron chi connectivity index (χ0n) is 11.8. The van der Waals surface area contributed by atoms with Crippen molar-refractivity contribution in [3.05, 3.63) is 33.8 Å². The van der Waals surface area contributed by atoms with Gasteiger partial charge in [0.25, 0.3) is 11.8 Å². The van der Waals surface area contributed by atoms with Crippen LogP contribution in [0.1, 0.15) is 47.4 Å². The fourth-order valence-corrected chi connectivity index (χ4v) is 2.53. The smallest absolute Gasteiger partial charge is 0.253 e. The first kappa shape index (κ1) is 15.0. The molecule has 0 aromatic heterocycles. The molecule has 108 valence electrons. The second-order valence-corrected chi connectivity index (χ2v) is 5.87. The van der Waals surface area contributed by atoms with Gasteiger partial charge in [-0.1, -0.05) is 15.9 Å². The summed E-state index contributed by atoms with van der Waals surface area (Å²) in [6.45, 7) is 5.21. The Morgan fingerprint density at radius 3 is 2.35 bits per heavy atom. The maximum Gasteiger partial charge on any atom is 0.253 e. The number of amides is 2. The minimum atomic E-state index is -0.109. The van der Waals surface area contributed by atoms with Gasteiger partial charge in [-0.2, -0.15) is 0 Å². The topological polar surface area (TPSA) is 49.4 Å². The first-order valence-electron chi connectivity index (χ1n) is 6.95. The Hall–Kier alpha value is -1.36. The molecule has 2 amide bonds. The summed E-state index contributed by atoms with van der Waals surface area (Å²) >= 11 is 3.37. The number of carbonyl (C=O) groups is 2. The number of hydrogen-bond donors (Lipinski definition) is 1. The molecule has 1 N–H and O–H groups in total. The van der Waals surface area contributed by atoms with Crippen molar-refractivity contribution >= 4 is 27.7 Å². The lowest BCUT2D eigenvalue weighted by atomic mass is 10.1. The quantitative estimate of drug-likeness (QED) is 0.897. The van der Waals surface area contributed by atoms with Crippen molar-refractivity contribution < 1.29 is 9.59 Å². The fourth-order valence-electron chi connectivity index (χ4n) is 2.03. The Morgan fingerprint density at radius 1 is 1.20 bits per heavy atom. The van der Waals surface area contributed by atoms with Crippen molar-refractivity contribution in [1.82, 2.24) is 10.2 Å². The van der Waals surface area contributed by atoms with Crippen molar-refractivity contribution in [3.63, 3.8) is 0 Å². The van der Waals surface area contributed by atoms with Gasteiger partial charge in [-0.15, -0.1) is 0 Å². The van der Waals surface area contributed by atoms with Crippen molar-refractivity contribution in [1.29, 1.82) is 0 Å². The van der Waals surface area contributed by atoms with E-state index in [4.69, 9.17) is 0 Å². The number of carbonyl (C=O) groups excluding carboxylic acids is 2. The van der Waals surface area contributed by atoms with Gasteiger partial charge in [-0.25, -0.2) is 0 Å². The molecule has 0 radical (unpaired) electrons. The van der Waals surface area contributed by atoms with Crippen LogP contribution in [0.15, 0.2) is 22.7 Å². The lowest BCUT2D eigenvalue weighted by Gasteiger charge is -2.19. The molecule has 0 aliphatic heterocycles. The minimum Gasteiger partial charge on any atom is -0.349 e. The van der Waals surface area contributed by atoms with Gasteiger partial charge in [0.15, 0.2) is 0 Å². The van der Waals surface area contributed by atoms with E-state index in [1.54, 1.807) is 23.1 Å². The largest absolute Gasteiger partial charge is 0.349 e. The van der Waals surface area contributed by atoms with Crippen LogP contribution in [0.4, 0.5) is 0 Å². The van der Waals surface area contributed by atoms with E-state index in [0.29, 0.717) is 30.3 Å². The molecule has 1 aliphatic rings. The SMILES string of the molecule is CCN(CC)C(=O)c1cc(Br)cc(C(=O)NC2CC2)c1. The molecule has 5 heteroatoms. The molecule has 4 nitrogen and oxygen atoms in total. The Labute approximate surface area is 127 Å². The Balaban J connectivity index is 2.23. The summed E-state index contributed by atoms with van der Waals surface area (Å²) < 4.78 is 0.747. The zero-order chi connectivity index (χ0) is 14.7. The van der Waals surface area contributed by atoms with Crippen LogP contribution in [0, 0.1) is 0 Å². The average molecular weight is 339 g/mol. The minimum absolute atomic E-state index is 0.0447. The second kappa shape index (κ2) is 6.39. The molecule has 2 rings (SSSR count). The molecule has 0 bridgehead atoms. The number of rotatable bonds is 5. The molecule has 1 aliphatic carbocycles. The van der Waals surface area contributed by atoms with Crippen molar-refractivity contribution in [2.24, 2.45) is 0 Å². The Bertz CT molecular complexity index is 523. The summed E-state index contributed by atoms with van der Waals surface area (Å²) in [6, 6.07) is 5.48. The van der Waals surface area contributed by atoms with Crippen molar-refractivity contribution in [3.8, 4) is 0 Å². The maximum absolute atomic E-state index is 12.3. The molecule has 0 heterocycles. The fraction of sp³-hybridized carbons (Fsp3) is 0.467. The molecule has 0 unspecified atom stereocenters. The lowest BCUT2D eigenvalue weighted by Crippen LogP contribution is -2.31. The number of hydrogen-bond acceptors (Lipinski definition) is 2. The highest BCUT2D eigenvalue weighted by Crippen LogP contribution is 2.21. The lowest BCUT2D eigenvalue weighted by molar-refractivity contribution is 0.0773. The molecule has 1 saturated carbocycles. The first-order chi connectivity index (χ1) is 9.55. The summed E-state index contributed by atoms with van der Waals surface area (Å²) in [7, 11) is 0. The molecule has 0 spiro atoms. The normalized spacial score (nSPS) is 13.9. The standard InChI is InChI=1S/C15H19BrN2O2/c1-3-18(4-2)15(20)11-7-10(8-12(16)9-11)14(19)17-13-5-6-13/h7-9,13H,3-6H2,1-2H3,(H,17,19). The molecule has 0 saturated heterocycles. The predicted molar refractivity (Wildman–Crippen MR) is 81.9 cm³/mol. The number of nitrogens with one attached hydrogen (secondary N) is 1. The molecule has 1 aromatic carbocycles. The van der Waals surface area contributed by atoms with Gasteiger partial charge in [0, 0.05) is 34.7 Å². The summed E-state index contributed by atoms with van der Waals surface area (Å²) in [6.07, 6.45) is 2.09. The molecule has 1 fully saturated rings. The van der Waals surface area contributed by atoms with E-state index in [9.17, 15) is 9.59 Å². The molecular formula is C15H19BrN2O2. The monoisotopic (exact) mass is 338 g/mol. The van der Waals surface area contributed by atoms with Crippen LogP contribution in [0.2, 0.25) is 0 Å². The van der Waals surface area contributed by atoms with Gasteiger partial charge in [0.1, 0.15) is 0 Å². The van der Waals surface area contributed by atoms with E-state index < -0.39 is 0 Å². The Kier molecular flexibility index (Phi) is 4.81. The van der Waals surface area contributed by atoms with Crippen LogP contribution in [0.5, 0.6) is 0 Å². The van der Waals surface area contributed by atoms with E-state index in [0.717, 1.165) is 17.3 Å². The van der Waals surface area contributed by atoms with E-state index in [1.165, 1.54) is 0 Å². The molecule has 1 aromatic rings. The second-order valence-electron chi connectivity index (χ2n) is 4.95. The highest BCUT2D eigenvalue weighted by atomic mass is 79.9. The average Bonchev–Trinajstić information content (AvgIpc) is 3.23. The highest BCUT2D eigenvalue weighted by Gasteiger charge is 2.24. The third kappa shape index (κ3) is 3.60. The van der Waals surface area contributed by atoms with Gasteiger partial charge < -0.3 is 10.2 Å². The van der Waals surface area contributed by atoms with Crippen LogP contribution in [-0.4, -0.2) is 35.8 Å². The van der Waals surface area contributed by atoms with Crippen LogP contribution in [-0.2, 0) is 0 Å².